The molecule has 0 aromatic carbocycles. The predicted molar refractivity (Wildman–Crippen MR) is 63.7 cm³/mol. The van der Waals surface area contributed by atoms with Gasteiger partial charge in [-0.3, -0.25) is 9.48 Å². The van der Waals surface area contributed by atoms with Crippen LogP contribution in [0.1, 0.15) is 16.1 Å². The maximum absolute atomic E-state index is 12.4. The van der Waals surface area contributed by atoms with Crippen LogP contribution in [0.25, 0.3) is 0 Å². The van der Waals surface area contributed by atoms with Crippen molar-refractivity contribution in [3.05, 3.63) is 17.5 Å². The van der Waals surface area contributed by atoms with Crippen LogP contribution in [0.4, 0.5) is 13.2 Å². The number of aryl methyl sites for hydroxylation is 2. The van der Waals surface area contributed by atoms with Gasteiger partial charge in [-0.05, 0) is 6.92 Å². The van der Waals surface area contributed by atoms with Crippen LogP contribution < -0.4 is 0 Å². The molecule has 0 fully saturated rings. The summed E-state index contributed by atoms with van der Waals surface area (Å²) in [5, 5.41) is 4.23. The monoisotopic (exact) mass is 327 g/mol. The van der Waals surface area contributed by atoms with Gasteiger partial charge in [0.05, 0.1) is 11.3 Å². The molecule has 0 atom stereocenters. The van der Waals surface area contributed by atoms with Gasteiger partial charge in [-0.15, -0.1) is 0 Å². The molecule has 0 unspecified atom stereocenters. The van der Waals surface area contributed by atoms with E-state index in [4.69, 9.17) is 0 Å². The molecule has 0 saturated heterocycles. The molecular weight excluding hydrogens is 315 g/mol. The number of carbonyl (C=O) groups excluding carboxylic acids is 1. The van der Waals surface area contributed by atoms with Gasteiger partial charge in [-0.1, -0.05) is 15.9 Å². The lowest BCUT2D eigenvalue weighted by atomic mass is 10.2. The number of carbonyl (C=O) groups is 1. The molecule has 1 aromatic heterocycles. The summed E-state index contributed by atoms with van der Waals surface area (Å²) in [6.07, 6.45) is -2.98. The highest BCUT2D eigenvalue weighted by Gasteiger charge is 2.33. The van der Waals surface area contributed by atoms with E-state index in [2.05, 4.69) is 21.0 Å². The lowest BCUT2D eigenvalue weighted by Gasteiger charge is -2.22. The third-order valence-corrected chi connectivity index (χ3v) is 2.61. The molecule has 1 rings (SSSR count). The van der Waals surface area contributed by atoms with Crippen LogP contribution in [0.2, 0.25) is 0 Å². The van der Waals surface area contributed by atoms with E-state index in [1.54, 1.807) is 14.0 Å². The zero-order chi connectivity index (χ0) is 13.9. The van der Waals surface area contributed by atoms with Gasteiger partial charge in [0.2, 0.25) is 0 Å². The van der Waals surface area contributed by atoms with E-state index >= 15 is 0 Å². The van der Waals surface area contributed by atoms with E-state index < -0.39 is 18.6 Å². The summed E-state index contributed by atoms with van der Waals surface area (Å²) in [5.41, 5.74) is 0.618. The normalized spacial score (nSPS) is 11.7. The third-order valence-electron chi connectivity index (χ3n) is 2.26. The number of hydrogen-bond acceptors (Lipinski definition) is 2. The standard InChI is InChI=1S/C10H13BrF3N3O/c1-7-8(5-16(2)15-7)9(18)17(4-3-11)6-10(12,13)14/h5H,3-4,6H2,1-2H3. The topological polar surface area (TPSA) is 38.1 Å². The molecule has 1 heterocycles. The number of alkyl halides is 4. The fourth-order valence-electron chi connectivity index (χ4n) is 1.55. The fraction of sp³-hybridized carbons (Fsp3) is 0.600. The van der Waals surface area contributed by atoms with E-state index in [1.807, 2.05) is 0 Å². The molecule has 1 amide bonds. The Morgan fingerprint density at radius 1 is 1.56 bits per heavy atom. The van der Waals surface area contributed by atoms with Crippen molar-refractivity contribution in [2.45, 2.75) is 13.1 Å². The van der Waals surface area contributed by atoms with Crippen LogP contribution in [-0.4, -0.2) is 45.2 Å². The van der Waals surface area contributed by atoms with Crippen LogP contribution in [0.5, 0.6) is 0 Å². The Labute approximate surface area is 111 Å². The fourth-order valence-corrected chi connectivity index (χ4v) is 1.98. The van der Waals surface area contributed by atoms with Crippen molar-refractivity contribution in [1.82, 2.24) is 14.7 Å². The second-order valence-corrected chi connectivity index (χ2v) is 4.63. The summed E-state index contributed by atoms with van der Waals surface area (Å²) in [7, 11) is 1.61. The first-order valence-electron chi connectivity index (χ1n) is 5.17. The summed E-state index contributed by atoms with van der Waals surface area (Å²) in [6.45, 7) is 0.325. The molecule has 1 aromatic rings. The van der Waals surface area contributed by atoms with Gasteiger partial charge < -0.3 is 4.90 Å². The third kappa shape index (κ3) is 4.01. The Kier molecular flexibility index (Phi) is 4.78. The SMILES string of the molecule is Cc1nn(C)cc1C(=O)N(CCBr)CC(F)(F)F. The highest BCUT2D eigenvalue weighted by Crippen LogP contribution is 2.19. The number of amides is 1. The molecule has 8 heteroatoms. The predicted octanol–water partition coefficient (Wildman–Crippen LogP) is 2.13. The molecule has 0 aliphatic heterocycles. The van der Waals surface area contributed by atoms with Crippen molar-refractivity contribution in [2.24, 2.45) is 7.05 Å². The number of hydrogen-bond donors (Lipinski definition) is 0. The van der Waals surface area contributed by atoms with Crippen LogP contribution in [0.3, 0.4) is 0 Å². The lowest BCUT2D eigenvalue weighted by Crippen LogP contribution is -2.40. The summed E-state index contributed by atoms with van der Waals surface area (Å²) >= 11 is 3.04. The number of rotatable bonds is 4. The molecule has 102 valence electrons. The first-order valence-corrected chi connectivity index (χ1v) is 6.29. The average molecular weight is 328 g/mol. The molecule has 0 bridgehead atoms. The van der Waals surface area contributed by atoms with Gasteiger partial charge in [0.15, 0.2) is 0 Å². The van der Waals surface area contributed by atoms with Gasteiger partial charge in [0.1, 0.15) is 6.54 Å². The van der Waals surface area contributed by atoms with E-state index in [0.717, 1.165) is 4.90 Å². The largest absolute Gasteiger partial charge is 0.406 e. The van der Waals surface area contributed by atoms with Crippen LogP contribution >= 0.6 is 15.9 Å². The van der Waals surface area contributed by atoms with Crippen molar-refractivity contribution in [3.63, 3.8) is 0 Å². The average Bonchev–Trinajstić information content (AvgIpc) is 2.54. The van der Waals surface area contributed by atoms with Crippen molar-refractivity contribution >= 4 is 21.8 Å². The maximum Gasteiger partial charge on any atom is 0.406 e. The van der Waals surface area contributed by atoms with Crippen LogP contribution in [0.15, 0.2) is 6.20 Å². The highest BCUT2D eigenvalue weighted by atomic mass is 79.9. The molecule has 0 aliphatic rings. The van der Waals surface area contributed by atoms with Crippen molar-refractivity contribution in [2.75, 3.05) is 18.4 Å². The van der Waals surface area contributed by atoms with E-state index in [0.29, 0.717) is 5.69 Å². The zero-order valence-electron chi connectivity index (χ0n) is 9.96. The second kappa shape index (κ2) is 5.73. The summed E-state index contributed by atoms with van der Waals surface area (Å²) in [6, 6.07) is 0. The molecule has 0 spiro atoms. The lowest BCUT2D eigenvalue weighted by molar-refractivity contribution is -0.140. The van der Waals surface area contributed by atoms with E-state index in [-0.39, 0.29) is 17.4 Å². The minimum Gasteiger partial charge on any atom is -0.329 e. The van der Waals surface area contributed by atoms with E-state index in [9.17, 15) is 18.0 Å². The molecule has 18 heavy (non-hydrogen) atoms. The Balaban J connectivity index is 2.92. The Morgan fingerprint density at radius 2 is 2.17 bits per heavy atom. The zero-order valence-corrected chi connectivity index (χ0v) is 11.5. The van der Waals surface area contributed by atoms with Gasteiger partial charge in [0.25, 0.3) is 5.91 Å². The Bertz CT molecular complexity index is 430. The highest BCUT2D eigenvalue weighted by molar-refractivity contribution is 9.09. The molecular formula is C10H13BrF3N3O. The van der Waals surface area contributed by atoms with Crippen molar-refractivity contribution in [3.8, 4) is 0 Å². The second-order valence-electron chi connectivity index (χ2n) is 3.83. The van der Waals surface area contributed by atoms with Gasteiger partial charge in [0, 0.05) is 25.1 Å². The first-order chi connectivity index (χ1) is 8.24. The van der Waals surface area contributed by atoms with Crippen molar-refractivity contribution < 1.29 is 18.0 Å². The summed E-state index contributed by atoms with van der Waals surface area (Å²) < 4.78 is 38.5. The van der Waals surface area contributed by atoms with E-state index in [1.165, 1.54) is 10.9 Å². The van der Waals surface area contributed by atoms with Crippen molar-refractivity contribution in [1.29, 1.82) is 0 Å². The Hall–Kier alpha value is -1.05. The minimum atomic E-state index is -4.41. The van der Waals surface area contributed by atoms with Gasteiger partial charge in [-0.2, -0.15) is 18.3 Å². The Morgan fingerprint density at radius 3 is 2.56 bits per heavy atom. The molecule has 0 N–H and O–H groups in total. The minimum absolute atomic E-state index is 0.00726. The molecule has 0 saturated carbocycles. The van der Waals surface area contributed by atoms with Gasteiger partial charge >= 0.3 is 6.18 Å². The quantitative estimate of drug-likeness (QED) is 0.794. The first kappa shape index (κ1) is 15.0. The number of aromatic nitrogens is 2. The summed E-state index contributed by atoms with van der Waals surface area (Å²) in [4.78, 5) is 12.8. The smallest absolute Gasteiger partial charge is 0.329 e. The van der Waals surface area contributed by atoms with Crippen LogP contribution in [-0.2, 0) is 7.05 Å². The molecule has 0 aliphatic carbocycles. The maximum atomic E-state index is 12.4. The number of halogens is 4. The molecule has 4 nitrogen and oxygen atoms in total. The van der Waals surface area contributed by atoms with Crippen LogP contribution in [0, 0.1) is 6.92 Å². The van der Waals surface area contributed by atoms with Gasteiger partial charge in [-0.25, -0.2) is 0 Å². The number of nitrogens with zero attached hydrogens (tertiary/aromatic N) is 3. The summed E-state index contributed by atoms with van der Waals surface area (Å²) in [5.74, 6) is -0.655. The molecule has 0 radical (unpaired) electrons.